The van der Waals surface area contributed by atoms with Crippen molar-refractivity contribution in [3.8, 4) is 22.5 Å². The zero-order valence-electron chi connectivity index (χ0n) is 20.7. The topological polar surface area (TPSA) is 84.1 Å². The number of carbonyl (C=O) groups excluding carboxylic acids is 2. The van der Waals surface area contributed by atoms with Crippen LogP contribution in [0.15, 0.2) is 121 Å². The highest BCUT2D eigenvalue weighted by molar-refractivity contribution is 6.02. The molecule has 1 heterocycles. The van der Waals surface area contributed by atoms with Gasteiger partial charge in [0, 0.05) is 23.1 Å². The van der Waals surface area contributed by atoms with Crippen LogP contribution in [0.25, 0.3) is 22.5 Å². The molecule has 4 aromatic carbocycles. The van der Waals surface area contributed by atoms with Crippen LogP contribution in [0.3, 0.4) is 0 Å². The number of hydrogen-bond donors (Lipinski definition) is 2. The second kappa shape index (κ2) is 11.8. The van der Waals surface area contributed by atoms with Crippen LogP contribution in [-0.2, 0) is 22.6 Å². The Bertz CT molecular complexity index is 1500. The Kier molecular flexibility index (Phi) is 7.70. The molecule has 0 radical (unpaired) electrons. The lowest BCUT2D eigenvalue weighted by Gasteiger charge is -2.19. The fourth-order valence-electron chi connectivity index (χ4n) is 4.24. The second-order valence-electron chi connectivity index (χ2n) is 8.89. The molecule has 0 bridgehead atoms. The smallest absolute Gasteiger partial charge is 0.329 e. The molecule has 1 amide bonds. The number of nitrogens with zero attached hydrogens (tertiary/aromatic N) is 1. The molecule has 0 aliphatic heterocycles. The summed E-state index contributed by atoms with van der Waals surface area (Å²) in [6, 6.07) is 37.2. The Labute approximate surface area is 221 Å². The van der Waals surface area contributed by atoms with Crippen molar-refractivity contribution in [2.75, 3.05) is 0 Å². The minimum absolute atomic E-state index is 0.133. The average Bonchev–Trinajstić information content (AvgIpc) is 3.47. The van der Waals surface area contributed by atoms with Crippen LogP contribution in [-0.4, -0.2) is 28.1 Å². The molecule has 1 aromatic heterocycles. The van der Waals surface area contributed by atoms with Crippen molar-refractivity contribution in [2.45, 2.75) is 19.1 Å². The summed E-state index contributed by atoms with van der Waals surface area (Å²) in [4.78, 5) is 26.7. The zero-order valence-corrected chi connectivity index (χ0v) is 20.7. The highest BCUT2D eigenvalue weighted by Crippen LogP contribution is 2.26. The van der Waals surface area contributed by atoms with E-state index in [1.54, 1.807) is 12.1 Å². The summed E-state index contributed by atoms with van der Waals surface area (Å²) in [5.74, 6) is -0.856. The lowest BCUT2D eigenvalue weighted by atomic mass is 10.0. The molecule has 2 N–H and O–H groups in total. The number of carbonyl (C=O) groups is 2. The summed E-state index contributed by atoms with van der Waals surface area (Å²) in [7, 11) is 0. The van der Waals surface area contributed by atoms with Crippen LogP contribution in [0.2, 0.25) is 0 Å². The Morgan fingerprint density at radius 1 is 0.763 bits per heavy atom. The fourth-order valence-corrected chi connectivity index (χ4v) is 4.24. The Balaban J connectivity index is 1.37. The van der Waals surface area contributed by atoms with Crippen LogP contribution in [0.1, 0.15) is 21.5 Å². The first-order chi connectivity index (χ1) is 18.7. The van der Waals surface area contributed by atoms with Crippen molar-refractivity contribution >= 4 is 11.9 Å². The highest BCUT2D eigenvalue weighted by Gasteiger charge is 2.25. The fraction of sp³-hybridized carbons (Fsp3) is 0.0938. The maximum atomic E-state index is 13.5. The van der Waals surface area contributed by atoms with E-state index in [0.717, 1.165) is 22.4 Å². The van der Waals surface area contributed by atoms with Gasteiger partial charge in [0.25, 0.3) is 5.91 Å². The van der Waals surface area contributed by atoms with Crippen molar-refractivity contribution in [1.82, 2.24) is 15.5 Å². The predicted octanol–water partition coefficient (Wildman–Crippen LogP) is 5.83. The standard InChI is InChI=1S/C32H27N3O3/c36-31(27-19-11-10-18-26(27)29-21-28(34-35-29)25-16-8-3-9-17-25)33-30(20-23-12-4-1-5-13-23)32(37)38-22-24-14-6-2-7-15-24/h1-19,21,30H,20,22H2,(H,33,36)(H,34,35)/t30-/m0/s1. The van der Waals surface area contributed by atoms with Crippen molar-refractivity contribution < 1.29 is 14.3 Å². The van der Waals surface area contributed by atoms with Crippen LogP contribution in [0.4, 0.5) is 0 Å². The first kappa shape index (κ1) is 24.7. The monoisotopic (exact) mass is 501 g/mol. The Morgan fingerprint density at radius 2 is 1.37 bits per heavy atom. The molecule has 0 aliphatic rings. The Hall–Kier alpha value is -4.97. The van der Waals surface area contributed by atoms with Crippen molar-refractivity contribution in [3.63, 3.8) is 0 Å². The van der Waals surface area contributed by atoms with Gasteiger partial charge >= 0.3 is 5.97 Å². The minimum Gasteiger partial charge on any atom is -0.459 e. The van der Waals surface area contributed by atoms with E-state index in [9.17, 15) is 9.59 Å². The minimum atomic E-state index is -0.858. The SMILES string of the molecule is O=C(N[C@@H](Cc1ccccc1)C(=O)OCc1ccccc1)c1ccccc1-c1cc(-c2ccccc2)n[nH]1. The average molecular weight is 502 g/mol. The summed E-state index contributed by atoms with van der Waals surface area (Å²) in [5, 5.41) is 10.4. The molecule has 0 aliphatic carbocycles. The molecule has 5 rings (SSSR count). The van der Waals surface area contributed by atoms with E-state index in [2.05, 4.69) is 15.5 Å². The maximum Gasteiger partial charge on any atom is 0.329 e. The van der Waals surface area contributed by atoms with Crippen LogP contribution in [0, 0.1) is 0 Å². The van der Waals surface area contributed by atoms with Gasteiger partial charge in [-0.05, 0) is 23.3 Å². The third kappa shape index (κ3) is 6.05. The maximum absolute atomic E-state index is 13.5. The van der Waals surface area contributed by atoms with E-state index in [-0.39, 0.29) is 12.5 Å². The summed E-state index contributed by atoms with van der Waals surface area (Å²) in [5.41, 5.74) is 5.39. The lowest BCUT2D eigenvalue weighted by molar-refractivity contribution is -0.147. The van der Waals surface area contributed by atoms with E-state index in [1.807, 2.05) is 109 Å². The molecule has 188 valence electrons. The highest BCUT2D eigenvalue weighted by atomic mass is 16.5. The molecule has 0 spiro atoms. The van der Waals surface area contributed by atoms with Crippen molar-refractivity contribution in [1.29, 1.82) is 0 Å². The van der Waals surface area contributed by atoms with Gasteiger partial charge in [0.1, 0.15) is 12.6 Å². The van der Waals surface area contributed by atoms with Gasteiger partial charge in [-0.3, -0.25) is 9.89 Å². The third-order valence-electron chi connectivity index (χ3n) is 6.21. The van der Waals surface area contributed by atoms with E-state index in [1.165, 1.54) is 0 Å². The number of nitrogens with one attached hydrogen (secondary N) is 2. The number of esters is 1. The quantitative estimate of drug-likeness (QED) is 0.249. The lowest BCUT2D eigenvalue weighted by Crippen LogP contribution is -2.43. The summed E-state index contributed by atoms with van der Waals surface area (Å²) in [6.45, 7) is 0.133. The van der Waals surface area contributed by atoms with Gasteiger partial charge in [0.05, 0.1) is 11.4 Å². The molecule has 0 saturated carbocycles. The summed E-state index contributed by atoms with van der Waals surface area (Å²) < 4.78 is 5.60. The number of benzene rings is 4. The van der Waals surface area contributed by atoms with Gasteiger partial charge in [0.2, 0.25) is 0 Å². The number of hydrogen-bond acceptors (Lipinski definition) is 4. The van der Waals surface area contributed by atoms with Crippen LogP contribution < -0.4 is 5.32 Å². The van der Waals surface area contributed by atoms with Crippen LogP contribution >= 0.6 is 0 Å². The number of ether oxygens (including phenoxy) is 1. The van der Waals surface area contributed by atoms with E-state index in [0.29, 0.717) is 23.2 Å². The molecule has 0 saturated heterocycles. The number of H-pyrrole nitrogens is 1. The molecule has 6 heteroatoms. The van der Waals surface area contributed by atoms with Gasteiger partial charge in [-0.15, -0.1) is 0 Å². The normalized spacial score (nSPS) is 11.5. The van der Waals surface area contributed by atoms with E-state index < -0.39 is 12.0 Å². The molecule has 6 nitrogen and oxygen atoms in total. The molecular formula is C32H27N3O3. The molecule has 1 atom stereocenters. The number of aromatic amines is 1. The third-order valence-corrected chi connectivity index (χ3v) is 6.21. The summed E-state index contributed by atoms with van der Waals surface area (Å²) >= 11 is 0. The summed E-state index contributed by atoms with van der Waals surface area (Å²) in [6.07, 6.45) is 0.310. The van der Waals surface area contributed by atoms with Gasteiger partial charge in [-0.1, -0.05) is 109 Å². The number of rotatable bonds is 9. The Morgan fingerprint density at radius 3 is 2.08 bits per heavy atom. The van der Waals surface area contributed by atoms with E-state index >= 15 is 0 Å². The largest absolute Gasteiger partial charge is 0.459 e. The first-order valence-corrected chi connectivity index (χ1v) is 12.4. The van der Waals surface area contributed by atoms with Gasteiger partial charge in [-0.25, -0.2) is 4.79 Å². The second-order valence-corrected chi connectivity index (χ2v) is 8.89. The van der Waals surface area contributed by atoms with Gasteiger partial charge in [0.15, 0.2) is 0 Å². The molecule has 38 heavy (non-hydrogen) atoms. The molecule has 0 unspecified atom stereocenters. The van der Waals surface area contributed by atoms with E-state index in [4.69, 9.17) is 4.74 Å². The van der Waals surface area contributed by atoms with Gasteiger partial charge < -0.3 is 10.1 Å². The molecule has 5 aromatic rings. The van der Waals surface area contributed by atoms with Crippen molar-refractivity contribution in [2.24, 2.45) is 0 Å². The number of aromatic nitrogens is 2. The van der Waals surface area contributed by atoms with Crippen molar-refractivity contribution in [3.05, 3.63) is 138 Å². The predicted molar refractivity (Wildman–Crippen MR) is 147 cm³/mol. The number of amides is 1. The molecule has 0 fully saturated rings. The first-order valence-electron chi connectivity index (χ1n) is 12.4. The zero-order chi connectivity index (χ0) is 26.2. The van der Waals surface area contributed by atoms with Crippen LogP contribution in [0.5, 0.6) is 0 Å². The van der Waals surface area contributed by atoms with Gasteiger partial charge in [-0.2, -0.15) is 5.10 Å². The molecular weight excluding hydrogens is 474 g/mol.